The highest BCUT2D eigenvalue weighted by molar-refractivity contribution is 7.89. The van der Waals surface area contributed by atoms with E-state index in [-0.39, 0.29) is 52.2 Å². The summed E-state index contributed by atoms with van der Waals surface area (Å²) < 4.78 is 56.2. The Morgan fingerprint density at radius 2 is 1.76 bits per heavy atom. The van der Waals surface area contributed by atoms with Crippen molar-refractivity contribution in [2.24, 2.45) is 0 Å². The van der Waals surface area contributed by atoms with Crippen molar-refractivity contribution in [3.8, 4) is 23.1 Å². The molecule has 3 aromatic carbocycles. The number of piperazine rings is 1. The van der Waals surface area contributed by atoms with Crippen LogP contribution in [0.25, 0.3) is 5.69 Å². The predicted molar refractivity (Wildman–Crippen MR) is 164 cm³/mol. The van der Waals surface area contributed by atoms with Gasteiger partial charge in [-0.1, -0.05) is 19.1 Å². The number of nitrogens with one attached hydrogen (secondary N) is 1. The number of anilines is 1. The number of aromatic carboxylic acids is 1. The van der Waals surface area contributed by atoms with Crippen LogP contribution in [0.3, 0.4) is 0 Å². The molecule has 1 amide bonds. The van der Waals surface area contributed by atoms with Gasteiger partial charge in [-0.3, -0.25) is 4.79 Å². The number of halogens is 1. The molecule has 12 nitrogen and oxygen atoms in total. The maximum Gasteiger partial charge on any atom is 0.356 e. The third-order valence-corrected chi connectivity index (χ3v) is 9.38. The van der Waals surface area contributed by atoms with Crippen molar-refractivity contribution in [2.75, 3.05) is 45.2 Å². The fraction of sp³-hybridized carbons (Fsp3) is 0.258. The summed E-state index contributed by atoms with van der Waals surface area (Å²) in [6, 6.07) is 15.9. The first-order valence-corrected chi connectivity index (χ1v) is 15.5. The lowest BCUT2D eigenvalue weighted by molar-refractivity contribution is 0.0689. The number of likely N-dealkylation sites (N-methyl/N-ethyl adjacent to an activating group) is 1. The highest BCUT2D eigenvalue weighted by Crippen LogP contribution is 2.37. The number of carboxylic acids is 1. The van der Waals surface area contributed by atoms with Crippen LogP contribution >= 0.6 is 0 Å². The van der Waals surface area contributed by atoms with E-state index in [9.17, 15) is 27.5 Å². The molecule has 0 spiro atoms. The standard InChI is InChI=1S/C31H32FN5O7S/c1-4-35-13-15-36(16-14-35)45(41,42)27-19-23(33-29(38)21-7-5-10-25(17-21)43-3)11-12-26(27)44-30-20(2)28(31(39)40)34-37(30)24-9-6-8-22(32)18-24/h5-12,17-19H,4,13-16H2,1-3H3,(H,33,38)(H,39,40). The lowest BCUT2D eigenvalue weighted by Crippen LogP contribution is -2.48. The van der Waals surface area contributed by atoms with Crippen molar-refractivity contribution in [2.45, 2.75) is 18.7 Å². The Balaban J connectivity index is 1.58. The van der Waals surface area contributed by atoms with Gasteiger partial charge in [-0.25, -0.2) is 17.6 Å². The van der Waals surface area contributed by atoms with E-state index >= 15 is 0 Å². The predicted octanol–water partition coefficient (Wildman–Crippen LogP) is 4.40. The van der Waals surface area contributed by atoms with Crippen molar-refractivity contribution in [3.05, 3.63) is 89.4 Å². The summed E-state index contributed by atoms with van der Waals surface area (Å²) in [6.45, 7) is 5.78. The second kappa shape index (κ2) is 13.1. The molecule has 45 heavy (non-hydrogen) atoms. The number of aromatic nitrogens is 2. The highest BCUT2D eigenvalue weighted by atomic mass is 32.2. The van der Waals surface area contributed by atoms with Crippen LogP contribution in [0.5, 0.6) is 17.4 Å². The molecule has 0 atom stereocenters. The molecule has 2 N–H and O–H groups in total. The van der Waals surface area contributed by atoms with Crippen LogP contribution < -0.4 is 14.8 Å². The molecule has 236 valence electrons. The highest BCUT2D eigenvalue weighted by Gasteiger charge is 2.32. The number of ether oxygens (including phenoxy) is 2. The van der Waals surface area contributed by atoms with E-state index in [0.29, 0.717) is 24.4 Å². The number of carboxylic acid groups (broad SMARTS) is 1. The number of rotatable bonds is 10. The first kappa shape index (κ1) is 31.6. The maximum absolute atomic E-state index is 14.1. The van der Waals surface area contributed by atoms with E-state index < -0.39 is 27.7 Å². The van der Waals surface area contributed by atoms with E-state index in [1.807, 2.05) is 6.92 Å². The molecule has 0 bridgehead atoms. The lowest BCUT2D eigenvalue weighted by Gasteiger charge is -2.33. The molecule has 0 saturated carbocycles. The van der Waals surface area contributed by atoms with Crippen LogP contribution in [-0.2, 0) is 10.0 Å². The van der Waals surface area contributed by atoms with Gasteiger partial charge in [0, 0.05) is 43.0 Å². The minimum atomic E-state index is -4.18. The van der Waals surface area contributed by atoms with Gasteiger partial charge in [0.1, 0.15) is 22.2 Å². The number of hydrogen-bond acceptors (Lipinski definition) is 8. The minimum Gasteiger partial charge on any atom is -0.497 e. The van der Waals surface area contributed by atoms with Crippen LogP contribution in [0.15, 0.2) is 71.6 Å². The Labute approximate surface area is 259 Å². The molecule has 0 aliphatic carbocycles. The fourth-order valence-electron chi connectivity index (χ4n) is 4.96. The average molecular weight is 638 g/mol. The van der Waals surface area contributed by atoms with Gasteiger partial charge in [0.15, 0.2) is 5.69 Å². The summed E-state index contributed by atoms with van der Waals surface area (Å²) in [7, 11) is -2.70. The third-order valence-electron chi connectivity index (χ3n) is 7.46. The second-order valence-corrected chi connectivity index (χ2v) is 12.2. The number of benzene rings is 3. The normalized spacial score (nSPS) is 14.2. The third kappa shape index (κ3) is 6.67. The molecule has 1 saturated heterocycles. The van der Waals surface area contributed by atoms with E-state index in [4.69, 9.17) is 9.47 Å². The van der Waals surface area contributed by atoms with E-state index in [2.05, 4.69) is 15.3 Å². The Kier molecular flexibility index (Phi) is 9.18. The number of carbonyl (C=O) groups excluding carboxylic acids is 1. The second-order valence-electron chi connectivity index (χ2n) is 10.3. The van der Waals surface area contributed by atoms with Gasteiger partial charge >= 0.3 is 5.97 Å². The van der Waals surface area contributed by atoms with Crippen molar-refractivity contribution in [3.63, 3.8) is 0 Å². The Morgan fingerprint density at radius 1 is 1.02 bits per heavy atom. The Morgan fingerprint density at radius 3 is 2.42 bits per heavy atom. The van der Waals surface area contributed by atoms with Crippen LogP contribution in [0.4, 0.5) is 10.1 Å². The van der Waals surface area contributed by atoms with E-state index in [1.165, 1.54) is 54.7 Å². The van der Waals surface area contributed by atoms with Crippen LogP contribution in [-0.4, -0.2) is 84.2 Å². The molecule has 1 aliphatic rings. The summed E-state index contributed by atoms with van der Waals surface area (Å²) in [5.41, 5.74) is 0.398. The monoisotopic (exact) mass is 637 g/mol. The summed E-state index contributed by atoms with van der Waals surface area (Å²) in [5.74, 6) is -2.19. The Hall–Kier alpha value is -4.79. The zero-order chi connectivity index (χ0) is 32.3. The topological polar surface area (TPSA) is 143 Å². The van der Waals surface area contributed by atoms with Crippen LogP contribution in [0.1, 0.15) is 33.3 Å². The first-order valence-electron chi connectivity index (χ1n) is 14.1. The number of amides is 1. The average Bonchev–Trinajstić information content (AvgIpc) is 3.37. The van der Waals surface area contributed by atoms with Gasteiger partial charge in [0.2, 0.25) is 15.9 Å². The number of carbonyl (C=O) groups is 2. The molecule has 0 unspecified atom stereocenters. The number of nitrogens with zero attached hydrogens (tertiary/aromatic N) is 4. The molecule has 4 aromatic rings. The van der Waals surface area contributed by atoms with Gasteiger partial charge in [-0.15, -0.1) is 0 Å². The van der Waals surface area contributed by atoms with Crippen LogP contribution in [0, 0.1) is 12.7 Å². The van der Waals surface area contributed by atoms with E-state index in [0.717, 1.165) is 17.3 Å². The zero-order valence-corrected chi connectivity index (χ0v) is 25.7. The zero-order valence-electron chi connectivity index (χ0n) is 24.9. The minimum absolute atomic E-state index is 0.0991. The molecule has 1 fully saturated rings. The maximum atomic E-state index is 14.1. The molecule has 5 rings (SSSR count). The molecule has 0 radical (unpaired) electrons. The van der Waals surface area contributed by atoms with Crippen LogP contribution in [0.2, 0.25) is 0 Å². The summed E-state index contributed by atoms with van der Waals surface area (Å²) in [6.07, 6.45) is 0. The fourth-order valence-corrected chi connectivity index (χ4v) is 6.52. The molecule has 1 aliphatic heterocycles. The molecule has 1 aromatic heterocycles. The molecule has 2 heterocycles. The first-order chi connectivity index (χ1) is 21.5. The largest absolute Gasteiger partial charge is 0.497 e. The lowest BCUT2D eigenvalue weighted by atomic mass is 10.2. The van der Waals surface area contributed by atoms with Crippen molar-refractivity contribution in [1.82, 2.24) is 19.0 Å². The SMILES string of the molecule is CCN1CCN(S(=O)(=O)c2cc(NC(=O)c3cccc(OC)c3)ccc2Oc2c(C)c(C(=O)O)nn2-c2cccc(F)c2)CC1. The van der Waals surface area contributed by atoms with E-state index in [1.54, 1.807) is 24.3 Å². The Bertz CT molecular complexity index is 1850. The van der Waals surface area contributed by atoms with Crippen molar-refractivity contribution in [1.29, 1.82) is 0 Å². The summed E-state index contributed by atoms with van der Waals surface area (Å²) in [4.78, 5) is 26.9. The number of hydrogen-bond donors (Lipinski definition) is 2. The summed E-state index contributed by atoms with van der Waals surface area (Å²) in [5, 5.41) is 16.6. The van der Waals surface area contributed by atoms with Gasteiger partial charge in [-0.2, -0.15) is 14.1 Å². The number of sulfonamides is 1. The van der Waals surface area contributed by atoms with Gasteiger partial charge in [0.05, 0.1) is 12.8 Å². The van der Waals surface area contributed by atoms with Gasteiger partial charge in [-0.05, 0) is 68.1 Å². The smallest absolute Gasteiger partial charge is 0.356 e. The molecular weight excluding hydrogens is 605 g/mol. The molecule has 14 heteroatoms. The van der Waals surface area contributed by atoms with Gasteiger partial charge in [0.25, 0.3) is 5.91 Å². The summed E-state index contributed by atoms with van der Waals surface area (Å²) >= 11 is 0. The van der Waals surface area contributed by atoms with Crippen molar-refractivity contribution < 1.29 is 37.0 Å². The quantitative estimate of drug-likeness (QED) is 0.259. The molecular formula is C31H32FN5O7S. The number of methoxy groups -OCH3 is 1. The van der Waals surface area contributed by atoms with Gasteiger partial charge < -0.3 is 24.8 Å². The van der Waals surface area contributed by atoms with Crippen molar-refractivity contribution >= 4 is 27.6 Å².